The van der Waals surface area contributed by atoms with Crippen molar-refractivity contribution in [1.29, 1.82) is 0 Å². The van der Waals surface area contributed by atoms with Gasteiger partial charge in [-0.15, -0.1) is 0 Å². The van der Waals surface area contributed by atoms with Crippen LogP contribution in [0, 0.1) is 11.3 Å². The Balaban J connectivity index is 2.36. The first kappa shape index (κ1) is 30.0. The number of esters is 1. The van der Waals surface area contributed by atoms with Crippen LogP contribution in [0.3, 0.4) is 0 Å². The summed E-state index contributed by atoms with van der Waals surface area (Å²) < 4.78 is 46.5. The minimum atomic E-state index is -4.61. The molecule has 0 radical (unpaired) electrons. The van der Waals surface area contributed by atoms with Crippen LogP contribution in [0.4, 0.5) is 18.9 Å². The van der Waals surface area contributed by atoms with E-state index in [-0.39, 0.29) is 28.7 Å². The van der Waals surface area contributed by atoms with Gasteiger partial charge in [0.05, 0.1) is 28.0 Å². The Hall–Kier alpha value is -2.25. The van der Waals surface area contributed by atoms with Crippen molar-refractivity contribution in [1.82, 2.24) is 0 Å². The Morgan fingerprint density at radius 2 is 1.58 bits per heavy atom. The fourth-order valence-electron chi connectivity index (χ4n) is 3.71. The third kappa shape index (κ3) is 7.87. The number of ether oxygens (including phenoxy) is 1. The van der Waals surface area contributed by atoms with Crippen molar-refractivity contribution in [2.75, 3.05) is 5.32 Å². The number of alkyl halides is 3. The summed E-state index contributed by atoms with van der Waals surface area (Å²) in [4.78, 5) is 26.0. The molecule has 36 heavy (non-hydrogen) atoms. The van der Waals surface area contributed by atoms with Crippen LogP contribution < -0.4 is 5.32 Å². The van der Waals surface area contributed by atoms with Crippen molar-refractivity contribution in [2.45, 2.75) is 72.1 Å². The quantitative estimate of drug-likeness (QED) is 0.340. The minimum absolute atomic E-state index is 0.162. The van der Waals surface area contributed by atoms with E-state index in [4.69, 9.17) is 27.9 Å². The number of hydrogen-bond donors (Lipinski definition) is 1. The van der Waals surface area contributed by atoms with Crippen molar-refractivity contribution >= 4 is 40.8 Å². The molecule has 2 rings (SSSR count). The van der Waals surface area contributed by atoms with E-state index in [1.54, 1.807) is 45.9 Å². The van der Waals surface area contributed by atoms with Gasteiger partial charge in [0, 0.05) is 5.02 Å². The van der Waals surface area contributed by atoms with E-state index < -0.39 is 34.9 Å². The van der Waals surface area contributed by atoms with Crippen LogP contribution in [0.2, 0.25) is 10.0 Å². The average molecular weight is 546 g/mol. The number of halogens is 5. The molecule has 0 aliphatic rings. The lowest BCUT2D eigenvalue weighted by Crippen LogP contribution is -2.37. The highest BCUT2D eigenvalue weighted by molar-refractivity contribution is 6.33. The Labute approximate surface area is 220 Å². The first-order valence-corrected chi connectivity index (χ1v) is 12.4. The van der Waals surface area contributed by atoms with Gasteiger partial charge in [0.2, 0.25) is 5.91 Å². The van der Waals surface area contributed by atoms with Crippen LogP contribution in [-0.2, 0) is 20.7 Å². The van der Waals surface area contributed by atoms with Crippen LogP contribution in [0.25, 0.3) is 0 Å². The normalized spacial score (nSPS) is 15.5. The van der Waals surface area contributed by atoms with E-state index in [1.807, 2.05) is 6.92 Å². The molecule has 198 valence electrons. The summed E-state index contributed by atoms with van der Waals surface area (Å²) in [6.45, 7) is 9.99. The minimum Gasteiger partial charge on any atom is -0.460 e. The van der Waals surface area contributed by atoms with Gasteiger partial charge in [0.15, 0.2) is 0 Å². The third-order valence-electron chi connectivity index (χ3n) is 6.08. The maximum atomic E-state index is 13.6. The molecule has 0 fully saturated rings. The molecule has 1 unspecified atom stereocenters. The zero-order valence-corrected chi connectivity index (χ0v) is 22.7. The molecule has 3 atom stereocenters. The highest BCUT2D eigenvalue weighted by Crippen LogP contribution is 2.39. The lowest BCUT2D eigenvalue weighted by Gasteiger charge is -2.31. The van der Waals surface area contributed by atoms with Crippen molar-refractivity contribution < 1.29 is 27.5 Å². The molecule has 1 amide bonds. The summed E-state index contributed by atoms with van der Waals surface area (Å²) in [5.74, 6) is -4.70. The van der Waals surface area contributed by atoms with Crippen molar-refractivity contribution in [2.24, 2.45) is 11.3 Å². The number of benzene rings is 2. The lowest BCUT2D eigenvalue weighted by molar-refractivity contribution is -0.178. The third-order valence-corrected chi connectivity index (χ3v) is 6.66. The molecule has 9 heteroatoms. The maximum absolute atomic E-state index is 13.6. The molecule has 1 N–H and O–H groups in total. The van der Waals surface area contributed by atoms with Crippen LogP contribution in [0.15, 0.2) is 42.5 Å². The molecular weight excluding hydrogens is 514 g/mol. The zero-order valence-electron chi connectivity index (χ0n) is 21.2. The van der Waals surface area contributed by atoms with Gasteiger partial charge >= 0.3 is 12.1 Å². The van der Waals surface area contributed by atoms with Crippen LogP contribution in [-0.4, -0.2) is 23.7 Å². The standard InChI is InChI=1S/C27H32Cl2F3NO3/c1-7-26(6,24(35)36-25(3,4)5)15-17-8-13-20(29)21(14-17)33-23(34)22(16(2)27(30,31)32)18-9-11-19(28)12-10-18/h8-14,16,22H,7,15H2,1-6H3,(H,33,34)/t16-,22+,26?/m1/s1. The average Bonchev–Trinajstić information content (AvgIpc) is 2.75. The van der Waals surface area contributed by atoms with Gasteiger partial charge in [-0.1, -0.05) is 55.2 Å². The predicted molar refractivity (Wildman–Crippen MR) is 137 cm³/mol. The fourth-order valence-corrected chi connectivity index (χ4v) is 4.00. The summed E-state index contributed by atoms with van der Waals surface area (Å²) in [5, 5.41) is 3.08. The van der Waals surface area contributed by atoms with Crippen molar-refractivity contribution in [3.63, 3.8) is 0 Å². The van der Waals surface area contributed by atoms with Crippen molar-refractivity contribution in [3.05, 3.63) is 63.6 Å². The van der Waals surface area contributed by atoms with Crippen LogP contribution >= 0.6 is 23.2 Å². The fraction of sp³-hybridized carbons (Fsp3) is 0.481. The van der Waals surface area contributed by atoms with Gasteiger partial charge in [-0.3, -0.25) is 9.59 Å². The van der Waals surface area contributed by atoms with Crippen LogP contribution in [0.5, 0.6) is 0 Å². The van der Waals surface area contributed by atoms with Gasteiger partial charge in [0.1, 0.15) is 5.60 Å². The number of hydrogen-bond acceptors (Lipinski definition) is 3. The van der Waals surface area contributed by atoms with E-state index in [0.717, 1.165) is 6.92 Å². The Morgan fingerprint density at radius 3 is 2.08 bits per heavy atom. The van der Waals surface area contributed by atoms with E-state index in [1.165, 1.54) is 24.3 Å². The van der Waals surface area contributed by atoms with Gasteiger partial charge in [-0.05, 0) is 75.9 Å². The van der Waals surface area contributed by atoms with E-state index in [2.05, 4.69) is 5.32 Å². The second-order valence-electron chi connectivity index (χ2n) is 10.3. The molecule has 0 spiro atoms. The Kier molecular flexibility index (Phi) is 9.52. The van der Waals surface area contributed by atoms with Gasteiger partial charge in [0.25, 0.3) is 0 Å². The Bertz CT molecular complexity index is 1080. The number of anilines is 1. The predicted octanol–water partition coefficient (Wildman–Crippen LogP) is 8.21. The molecule has 0 aliphatic carbocycles. The van der Waals surface area contributed by atoms with Gasteiger partial charge < -0.3 is 10.1 Å². The monoisotopic (exact) mass is 545 g/mol. The smallest absolute Gasteiger partial charge is 0.392 e. The maximum Gasteiger partial charge on any atom is 0.392 e. The first-order chi connectivity index (χ1) is 16.5. The summed E-state index contributed by atoms with van der Waals surface area (Å²) >= 11 is 12.2. The summed E-state index contributed by atoms with van der Waals surface area (Å²) in [5.41, 5.74) is -0.484. The summed E-state index contributed by atoms with van der Waals surface area (Å²) in [6, 6.07) is 10.5. The lowest BCUT2D eigenvalue weighted by atomic mass is 9.81. The molecule has 2 aromatic rings. The molecule has 0 saturated carbocycles. The van der Waals surface area contributed by atoms with E-state index in [0.29, 0.717) is 17.0 Å². The van der Waals surface area contributed by atoms with Crippen LogP contribution in [0.1, 0.15) is 65.0 Å². The van der Waals surface area contributed by atoms with Gasteiger partial charge in [-0.25, -0.2) is 0 Å². The van der Waals surface area contributed by atoms with E-state index >= 15 is 0 Å². The second kappa shape index (κ2) is 11.4. The molecule has 4 nitrogen and oxygen atoms in total. The summed E-state index contributed by atoms with van der Waals surface area (Å²) in [6.07, 6.45) is -3.82. The first-order valence-electron chi connectivity index (χ1n) is 11.6. The number of amides is 1. The topological polar surface area (TPSA) is 55.4 Å². The number of nitrogens with one attached hydrogen (secondary N) is 1. The highest BCUT2D eigenvalue weighted by atomic mass is 35.5. The summed E-state index contributed by atoms with van der Waals surface area (Å²) in [7, 11) is 0. The molecular formula is C27H32Cl2F3NO3. The van der Waals surface area contributed by atoms with E-state index in [9.17, 15) is 22.8 Å². The SMILES string of the molecule is CCC(C)(Cc1ccc(Cl)c(NC(=O)[C@H](c2ccc(Cl)cc2)[C@@H](C)C(F)(F)F)c1)C(=O)OC(C)(C)C. The largest absolute Gasteiger partial charge is 0.460 e. The van der Waals surface area contributed by atoms with Crippen molar-refractivity contribution in [3.8, 4) is 0 Å². The second-order valence-corrected chi connectivity index (χ2v) is 11.1. The molecule has 0 heterocycles. The van der Waals surface area contributed by atoms with Gasteiger partial charge in [-0.2, -0.15) is 13.2 Å². The molecule has 0 bridgehead atoms. The highest BCUT2D eigenvalue weighted by Gasteiger charge is 2.45. The molecule has 0 aromatic heterocycles. The number of carbonyl (C=O) groups is 2. The number of carbonyl (C=O) groups excluding carboxylic acids is 2. The molecule has 2 aromatic carbocycles. The Morgan fingerprint density at radius 1 is 1.00 bits per heavy atom. The zero-order chi connectivity index (χ0) is 27.5. The number of rotatable bonds is 8. The molecule has 0 saturated heterocycles. The molecule has 0 aliphatic heterocycles.